The van der Waals surface area contributed by atoms with Crippen LogP contribution in [0.4, 0.5) is 0 Å². The summed E-state index contributed by atoms with van der Waals surface area (Å²) >= 11 is 0. The molecule has 0 aliphatic heterocycles. The van der Waals surface area contributed by atoms with Crippen LogP contribution >= 0.6 is 0 Å². The van der Waals surface area contributed by atoms with Gasteiger partial charge >= 0.3 is 5.97 Å². The zero-order valence-corrected chi connectivity index (χ0v) is 10.9. The van der Waals surface area contributed by atoms with Crippen molar-refractivity contribution in [1.82, 2.24) is 9.03 Å². The first-order valence-corrected chi connectivity index (χ1v) is 6.70. The first kappa shape index (κ1) is 15.3. The number of carboxylic acid groups (broad SMARTS) is 1. The van der Waals surface area contributed by atoms with Crippen molar-refractivity contribution in [3.63, 3.8) is 0 Å². The van der Waals surface area contributed by atoms with E-state index in [2.05, 4.69) is 4.72 Å². The van der Waals surface area contributed by atoms with Gasteiger partial charge in [-0.25, -0.2) is 0 Å². The molecule has 0 bridgehead atoms. The first-order chi connectivity index (χ1) is 7.26. The number of hydrogen-bond acceptors (Lipinski definition) is 3. The van der Waals surface area contributed by atoms with E-state index in [1.165, 1.54) is 11.2 Å². The Labute approximate surface area is 96.8 Å². The second-order valence-electron chi connectivity index (χ2n) is 3.62. The van der Waals surface area contributed by atoms with Gasteiger partial charge in [0.25, 0.3) is 10.2 Å². The van der Waals surface area contributed by atoms with Gasteiger partial charge in [0.15, 0.2) is 0 Å². The van der Waals surface area contributed by atoms with Gasteiger partial charge in [-0.05, 0) is 6.92 Å². The summed E-state index contributed by atoms with van der Waals surface area (Å²) in [5, 5.41) is 8.75. The Balaban J connectivity index is 4.65. The van der Waals surface area contributed by atoms with Gasteiger partial charge in [0.1, 0.15) is 0 Å². The lowest BCUT2D eigenvalue weighted by molar-refractivity contribution is -0.141. The Morgan fingerprint density at radius 1 is 1.31 bits per heavy atom. The quantitative estimate of drug-likeness (QED) is 0.681. The molecule has 0 amide bonds. The van der Waals surface area contributed by atoms with E-state index in [9.17, 15) is 13.2 Å². The van der Waals surface area contributed by atoms with Crippen molar-refractivity contribution in [3.05, 3.63) is 0 Å². The fraction of sp³-hybridized carbons (Fsp3) is 0.889. The Morgan fingerprint density at radius 2 is 1.75 bits per heavy atom. The van der Waals surface area contributed by atoms with Gasteiger partial charge in [0.2, 0.25) is 0 Å². The maximum atomic E-state index is 11.8. The van der Waals surface area contributed by atoms with Crippen molar-refractivity contribution < 1.29 is 18.3 Å². The molecule has 0 aromatic carbocycles. The van der Waals surface area contributed by atoms with Crippen LogP contribution in [0.2, 0.25) is 0 Å². The average molecular weight is 252 g/mol. The maximum Gasteiger partial charge on any atom is 0.307 e. The molecule has 0 aliphatic carbocycles. The van der Waals surface area contributed by atoms with Crippen molar-refractivity contribution in [3.8, 4) is 0 Å². The summed E-state index contributed by atoms with van der Waals surface area (Å²) in [6, 6.07) is -0.636. The van der Waals surface area contributed by atoms with Crippen molar-refractivity contribution in [2.45, 2.75) is 33.7 Å². The van der Waals surface area contributed by atoms with E-state index in [4.69, 9.17) is 5.11 Å². The van der Waals surface area contributed by atoms with Crippen molar-refractivity contribution >= 4 is 16.2 Å². The third-order valence-electron chi connectivity index (χ3n) is 2.52. The minimum absolute atomic E-state index is 0.361. The van der Waals surface area contributed by atoms with Crippen LogP contribution in [0.25, 0.3) is 0 Å². The highest BCUT2D eigenvalue weighted by Gasteiger charge is 2.26. The molecule has 96 valence electrons. The van der Waals surface area contributed by atoms with Crippen LogP contribution < -0.4 is 4.72 Å². The number of hydrogen-bond donors (Lipinski definition) is 2. The minimum atomic E-state index is -3.58. The number of rotatable bonds is 7. The lowest BCUT2D eigenvalue weighted by Crippen LogP contribution is -2.47. The minimum Gasteiger partial charge on any atom is -0.481 e. The van der Waals surface area contributed by atoms with Crippen LogP contribution in [0.15, 0.2) is 0 Å². The second-order valence-corrected chi connectivity index (χ2v) is 5.32. The molecule has 2 unspecified atom stereocenters. The van der Waals surface area contributed by atoms with E-state index in [0.29, 0.717) is 13.1 Å². The fourth-order valence-corrected chi connectivity index (χ4v) is 2.69. The molecule has 0 aromatic heterocycles. The highest BCUT2D eigenvalue weighted by molar-refractivity contribution is 7.87. The monoisotopic (exact) mass is 252 g/mol. The third-order valence-corrected chi connectivity index (χ3v) is 4.39. The Hall–Kier alpha value is -0.660. The van der Waals surface area contributed by atoms with Gasteiger partial charge in [-0.1, -0.05) is 20.8 Å². The van der Waals surface area contributed by atoms with Crippen LogP contribution in [0, 0.1) is 5.92 Å². The summed E-state index contributed by atoms with van der Waals surface area (Å²) in [7, 11) is -3.58. The molecule has 0 aromatic rings. The van der Waals surface area contributed by atoms with E-state index in [1.807, 2.05) is 0 Å². The number of aliphatic carboxylic acids is 1. The summed E-state index contributed by atoms with van der Waals surface area (Å²) < 4.78 is 27.1. The smallest absolute Gasteiger partial charge is 0.307 e. The van der Waals surface area contributed by atoms with Gasteiger partial charge in [0.05, 0.1) is 5.92 Å². The zero-order chi connectivity index (χ0) is 12.9. The number of nitrogens with one attached hydrogen (secondary N) is 1. The highest BCUT2D eigenvalue weighted by Crippen LogP contribution is 2.06. The van der Waals surface area contributed by atoms with Gasteiger partial charge in [-0.15, -0.1) is 0 Å². The first-order valence-electron chi connectivity index (χ1n) is 5.26. The van der Waals surface area contributed by atoms with E-state index in [0.717, 1.165) is 0 Å². The molecular formula is C9H20N2O4S. The molecule has 0 heterocycles. The highest BCUT2D eigenvalue weighted by atomic mass is 32.2. The molecule has 0 aliphatic rings. The van der Waals surface area contributed by atoms with Crippen molar-refractivity contribution in [2.75, 3.05) is 13.1 Å². The van der Waals surface area contributed by atoms with Crippen LogP contribution in [-0.2, 0) is 15.0 Å². The van der Waals surface area contributed by atoms with Gasteiger partial charge < -0.3 is 5.11 Å². The lowest BCUT2D eigenvalue weighted by atomic mass is 10.1. The molecule has 7 heteroatoms. The maximum absolute atomic E-state index is 11.8. The molecule has 6 nitrogen and oxygen atoms in total. The van der Waals surface area contributed by atoms with Gasteiger partial charge in [-0.3, -0.25) is 4.79 Å². The average Bonchev–Trinajstić information content (AvgIpc) is 2.16. The Kier molecular flexibility index (Phi) is 5.91. The standard InChI is InChI=1S/C9H20N2O4S/c1-5-11(6-2)16(14,15)10-8(4)7(3)9(12)13/h7-8,10H,5-6H2,1-4H3,(H,12,13). The number of carboxylic acids is 1. The lowest BCUT2D eigenvalue weighted by Gasteiger charge is -2.23. The molecule has 0 radical (unpaired) electrons. The van der Waals surface area contributed by atoms with E-state index in [-0.39, 0.29) is 0 Å². The van der Waals surface area contributed by atoms with E-state index >= 15 is 0 Å². The van der Waals surface area contributed by atoms with Crippen LogP contribution in [0.1, 0.15) is 27.7 Å². The van der Waals surface area contributed by atoms with Gasteiger partial charge in [-0.2, -0.15) is 17.4 Å². The topological polar surface area (TPSA) is 86.7 Å². The summed E-state index contributed by atoms with van der Waals surface area (Å²) in [6.07, 6.45) is 0. The SMILES string of the molecule is CCN(CC)S(=O)(=O)NC(C)C(C)C(=O)O. The van der Waals surface area contributed by atoms with Crippen LogP contribution in [0.3, 0.4) is 0 Å². The molecule has 0 saturated carbocycles. The molecule has 2 N–H and O–H groups in total. The summed E-state index contributed by atoms with van der Waals surface area (Å²) in [4.78, 5) is 10.7. The van der Waals surface area contributed by atoms with Crippen molar-refractivity contribution in [1.29, 1.82) is 0 Å². The second kappa shape index (κ2) is 6.17. The number of carbonyl (C=O) groups is 1. The third kappa shape index (κ3) is 4.07. The van der Waals surface area contributed by atoms with Gasteiger partial charge in [0, 0.05) is 19.1 Å². The van der Waals surface area contributed by atoms with Crippen molar-refractivity contribution in [2.24, 2.45) is 5.92 Å². The largest absolute Gasteiger partial charge is 0.481 e. The molecule has 0 rings (SSSR count). The fourth-order valence-electron chi connectivity index (χ4n) is 1.19. The molecule has 16 heavy (non-hydrogen) atoms. The molecule has 0 fully saturated rings. The Morgan fingerprint density at radius 3 is 2.06 bits per heavy atom. The van der Waals surface area contributed by atoms with Crippen LogP contribution in [0.5, 0.6) is 0 Å². The predicted molar refractivity (Wildman–Crippen MR) is 61.2 cm³/mol. The molecule has 0 spiro atoms. The summed E-state index contributed by atoms with van der Waals surface area (Å²) in [6.45, 7) is 7.19. The predicted octanol–water partition coefficient (Wildman–Crippen LogP) is 0.272. The molecule has 2 atom stereocenters. The summed E-state index contributed by atoms with van der Waals surface area (Å²) in [5.41, 5.74) is 0. The molecule has 0 saturated heterocycles. The summed E-state index contributed by atoms with van der Waals surface area (Å²) in [5.74, 6) is -1.78. The normalized spacial score (nSPS) is 16.1. The zero-order valence-electron chi connectivity index (χ0n) is 10.1. The Bertz CT molecular complexity index is 324. The van der Waals surface area contributed by atoms with E-state index in [1.54, 1.807) is 20.8 Å². The molecular weight excluding hydrogens is 232 g/mol. The number of nitrogens with zero attached hydrogens (tertiary/aromatic N) is 1. The van der Waals surface area contributed by atoms with Crippen LogP contribution in [-0.4, -0.2) is 42.9 Å². The van der Waals surface area contributed by atoms with E-state index < -0.39 is 28.1 Å².